The number of rotatable bonds is 13. The van der Waals surface area contributed by atoms with E-state index in [1.165, 1.54) is 0 Å². The highest BCUT2D eigenvalue weighted by atomic mass is 16.5. The minimum atomic E-state index is -1.23. The fraction of sp³-hybridized carbons (Fsp3) is 0.457. The zero-order valence-electron chi connectivity index (χ0n) is 26.5. The van der Waals surface area contributed by atoms with Gasteiger partial charge in [-0.15, -0.1) is 0 Å². The van der Waals surface area contributed by atoms with Crippen LogP contribution in [0.2, 0.25) is 0 Å². The van der Waals surface area contributed by atoms with Gasteiger partial charge in [-0.1, -0.05) is 42.8 Å². The molecule has 6 rings (SSSR count). The van der Waals surface area contributed by atoms with E-state index in [2.05, 4.69) is 20.9 Å². The Bertz CT molecular complexity index is 1640. The smallest absolute Gasteiger partial charge is 0.289 e. The fourth-order valence-electron chi connectivity index (χ4n) is 7.32. The molecule has 1 saturated carbocycles. The number of fused-ring (bicyclic) bond motifs is 2. The summed E-state index contributed by atoms with van der Waals surface area (Å²) in [7, 11) is 1.57. The van der Waals surface area contributed by atoms with Crippen molar-refractivity contribution < 1.29 is 33.4 Å². The Morgan fingerprint density at radius 3 is 2.64 bits per heavy atom. The van der Waals surface area contributed by atoms with Gasteiger partial charge >= 0.3 is 0 Å². The topological polar surface area (TPSA) is 159 Å². The summed E-state index contributed by atoms with van der Waals surface area (Å²) in [6, 6.07) is 14.8. The molecule has 2 aromatic carbocycles. The van der Waals surface area contributed by atoms with Crippen molar-refractivity contribution in [1.82, 2.24) is 25.8 Å². The SMILES string of the molecule is COc1cccc2[nH]c(C(=O)N3C[C@@H]4CCC[C@@H]4[C@H]3C(=O)N[C@@H](C[C@@H]3CCNC3=O)C(=O)C(=O)NCCOCc3ccccc3)cc12. The lowest BCUT2D eigenvalue weighted by Gasteiger charge is -2.29. The summed E-state index contributed by atoms with van der Waals surface area (Å²) in [5.41, 5.74) is 2.07. The van der Waals surface area contributed by atoms with E-state index < -0.39 is 35.6 Å². The molecular weight excluding hydrogens is 602 g/mol. The summed E-state index contributed by atoms with van der Waals surface area (Å²) in [5.74, 6) is -2.51. The van der Waals surface area contributed by atoms with Gasteiger partial charge in [-0.25, -0.2) is 0 Å². The second-order valence-corrected chi connectivity index (χ2v) is 12.6. The average Bonchev–Trinajstić information content (AvgIpc) is 3.88. The van der Waals surface area contributed by atoms with E-state index in [0.29, 0.717) is 37.6 Å². The highest BCUT2D eigenvalue weighted by molar-refractivity contribution is 6.38. The van der Waals surface area contributed by atoms with Gasteiger partial charge in [0.1, 0.15) is 17.5 Å². The monoisotopic (exact) mass is 643 g/mol. The predicted molar refractivity (Wildman–Crippen MR) is 172 cm³/mol. The zero-order chi connectivity index (χ0) is 32.9. The molecule has 4 N–H and O–H groups in total. The van der Waals surface area contributed by atoms with Gasteiger partial charge in [0, 0.05) is 36.5 Å². The van der Waals surface area contributed by atoms with Crippen LogP contribution in [-0.4, -0.2) is 84.7 Å². The number of likely N-dealkylation sites (tertiary alicyclic amines) is 1. The molecule has 5 atom stereocenters. The first-order chi connectivity index (χ1) is 22.8. The van der Waals surface area contributed by atoms with Gasteiger partial charge in [-0.3, -0.25) is 24.0 Å². The van der Waals surface area contributed by atoms with E-state index in [0.717, 1.165) is 35.7 Å². The summed E-state index contributed by atoms with van der Waals surface area (Å²) in [5, 5.41) is 8.93. The van der Waals surface area contributed by atoms with Crippen molar-refractivity contribution in [1.29, 1.82) is 0 Å². The number of aromatic nitrogens is 1. The van der Waals surface area contributed by atoms with Gasteiger partial charge in [-0.05, 0) is 61.3 Å². The van der Waals surface area contributed by atoms with E-state index in [1.807, 2.05) is 48.5 Å². The number of nitrogens with zero attached hydrogens (tertiary/aromatic N) is 1. The molecule has 3 fully saturated rings. The summed E-state index contributed by atoms with van der Waals surface area (Å²) < 4.78 is 11.1. The summed E-state index contributed by atoms with van der Waals surface area (Å²) in [4.78, 5) is 71.8. The molecule has 4 amide bonds. The minimum Gasteiger partial charge on any atom is -0.496 e. The van der Waals surface area contributed by atoms with Gasteiger partial charge in [0.2, 0.25) is 17.6 Å². The van der Waals surface area contributed by atoms with Crippen LogP contribution in [0, 0.1) is 17.8 Å². The molecule has 0 radical (unpaired) electrons. The van der Waals surface area contributed by atoms with Crippen molar-refractivity contribution in [2.75, 3.05) is 33.4 Å². The molecule has 0 unspecified atom stereocenters. The number of carbonyl (C=O) groups excluding carboxylic acids is 5. The van der Waals surface area contributed by atoms with Crippen LogP contribution in [0.1, 0.15) is 48.2 Å². The third-order valence-electron chi connectivity index (χ3n) is 9.68. The molecular formula is C35H41N5O7. The number of nitrogens with one attached hydrogen (secondary N) is 4. The van der Waals surface area contributed by atoms with Gasteiger partial charge < -0.3 is 35.3 Å². The van der Waals surface area contributed by atoms with Crippen LogP contribution in [0.15, 0.2) is 54.6 Å². The lowest BCUT2D eigenvalue weighted by atomic mass is 9.91. The first kappa shape index (κ1) is 32.2. The molecule has 12 heteroatoms. The number of carbonyl (C=O) groups is 5. The number of benzene rings is 2. The molecule has 1 aliphatic carbocycles. The normalized spacial score (nSPS) is 22.5. The lowest BCUT2D eigenvalue weighted by molar-refractivity contribution is -0.141. The second-order valence-electron chi connectivity index (χ2n) is 12.6. The van der Waals surface area contributed by atoms with Crippen molar-refractivity contribution in [2.24, 2.45) is 17.8 Å². The average molecular weight is 644 g/mol. The van der Waals surface area contributed by atoms with E-state index in [-0.39, 0.29) is 43.2 Å². The van der Waals surface area contributed by atoms with E-state index in [9.17, 15) is 24.0 Å². The van der Waals surface area contributed by atoms with Crippen LogP contribution in [0.5, 0.6) is 5.75 Å². The zero-order valence-corrected chi connectivity index (χ0v) is 26.5. The summed E-state index contributed by atoms with van der Waals surface area (Å²) in [6.45, 7) is 1.54. The quantitative estimate of drug-likeness (QED) is 0.164. The molecule has 3 aliphatic rings. The second kappa shape index (κ2) is 14.4. The highest BCUT2D eigenvalue weighted by Crippen LogP contribution is 2.43. The van der Waals surface area contributed by atoms with Crippen LogP contribution in [0.25, 0.3) is 10.9 Å². The van der Waals surface area contributed by atoms with Crippen molar-refractivity contribution in [3.8, 4) is 5.75 Å². The van der Waals surface area contributed by atoms with E-state index >= 15 is 0 Å². The molecule has 47 heavy (non-hydrogen) atoms. The van der Waals surface area contributed by atoms with Crippen LogP contribution in [-0.2, 0) is 30.5 Å². The number of hydrogen-bond donors (Lipinski definition) is 4. The maximum atomic E-state index is 14.1. The minimum absolute atomic E-state index is 0.00902. The number of methoxy groups -OCH3 is 1. The predicted octanol–water partition coefficient (Wildman–Crippen LogP) is 2.33. The summed E-state index contributed by atoms with van der Waals surface area (Å²) >= 11 is 0. The molecule has 3 aromatic rings. The van der Waals surface area contributed by atoms with Gasteiger partial charge in [0.05, 0.1) is 26.4 Å². The Morgan fingerprint density at radius 1 is 1.04 bits per heavy atom. The molecule has 0 spiro atoms. The molecule has 2 saturated heterocycles. The Balaban J connectivity index is 1.15. The van der Waals surface area contributed by atoms with Crippen LogP contribution in [0.4, 0.5) is 0 Å². The van der Waals surface area contributed by atoms with Crippen molar-refractivity contribution in [2.45, 2.75) is 50.8 Å². The first-order valence-corrected chi connectivity index (χ1v) is 16.3. The van der Waals surface area contributed by atoms with Crippen molar-refractivity contribution >= 4 is 40.3 Å². The van der Waals surface area contributed by atoms with Gasteiger partial charge in [-0.2, -0.15) is 0 Å². The number of amides is 4. The number of hydrogen-bond acceptors (Lipinski definition) is 7. The van der Waals surface area contributed by atoms with Crippen molar-refractivity contribution in [3.63, 3.8) is 0 Å². The van der Waals surface area contributed by atoms with Crippen LogP contribution >= 0.6 is 0 Å². The molecule has 3 heterocycles. The Kier molecular flexibility index (Phi) is 9.86. The van der Waals surface area contributed by atoms with Gasteiger partial charge in [0.15, 0.2) is 0 Å². The fourth-order valence-corrected chi connectivity index (χ4v) is 7.32. The number of H-pyrrole nitrogens is 1. The molecule has 12 nitrogen and oxygen atoms in total. The van der Waals surface area contributed by atoms with Gasteiger partial charge in [0.25, 0.3) is 11.8 Å². The number of ether oxygens (including phenoxy) is 2. The molecule has 1 aromatic heterocycles. The number of aromatic amines is 1. The standard InChI is InChI=1S/C35H41N5O7/c1-46-29-12-6-11-26-25(29)18-28(38-26)35(45)40-19-23-9-5-10-24(23)30(40)33(43)39-27(17-22-13-14-36-32(22)42)31(41)34(44)37-15-16-47-20-21-7-3-2-4-8-21/h2-4,6-8,11-12,18,22-24,27,30,38H,5,9-10,13-17,19-20H2,1H3,(H,36,42)(H,37,44)(H,39,43)/t22-,23-,24-,27-,30-/m0/s1. The summed E-state index contributed by atoms with van der Waals surface area (Å²) in [6.07, 6.45) is 3.11. The molecule has 2 aliphatic heterocycles. The Hall–Kier alpha value is -4.71. The largest absolute Gasteiger partial charge is 0.496 e. The third kappa shape index (κ3) is 7.02. The van der Waals surface area contributed by atoms with Crippen molar-refractivity contribution in [3.05, 3.63) is 65.9 Å². The maximum Gasteiger partial charge on any atom is 0.289 e. The van der Waals surface area contributed by atoms with Crippen LogP contribution < -0.4 is 20.7 Å². The molecule has 0 bridgehead atoms. The number of Topliss-reactive ketones (excluding diaryl/α,β-unsaturated/α-hetero) is 1. The first-order valence-electron chi connectivity index (χ1n) is 16.3. The number of ketones is 1. The lowest BCUT2D eigenvalue weighted by Crippen LogP contribution is -2.55. The highest BCUT2D eigenvalue weighted by Gasteiger charge is 2.50. The Morgan fingerprint density at radius 2 is 1.87 bits per heavy atom. The van der Waals surface area contributed by atoms with Crippen LogP contribution in [0.3, 0.4) is 0 Å². The molecule has 248 valence electrons. The maximum absolute atomic E-state index is 14.1. The van der Waals surface area contributed by atoms with E-state index in [4.69, 9.17) is 9.47 Å². The Labute approximate surface area is 272 Å². The van der Waals surface area contributed by atoms with E-state index in [1.54, 1.807) is 18.1 Å². The third-order valence-corrected chi connectivity index (χ3v) is 9.68.